The molecule has 2 aromatic rings. The zero-order valence-electron chi connectivity index (χ0n) is 14.2. The van der Waals surface area contributed by atoms with Crippen LogP contribution in [0.15, 0.2) is 36.1 Å². The van der Waals surface area contributed by atoms with E-state index in [1.165, 1.54) is 28.4 Å². The number of hydrogen-bond acceptors (Lipinski definition) is 3. The molecule has 1 aromatic heterocycles. The summed E-state index contributed by atoms with van der Waals surface area (Å²) in [6.07, 6.45) is 3.44. The first-order valence-electron chi connectivity index (χ1n) is 9.06. The second-order valence-corrected chi connectivity index (χ2v) is 7.55. The van der Waals surface area contributed by atoms with Gasteiger partial charge in [0.2, 0.25) is 0 Å². The Morgan fingerprint density at radius 3 is 3.04 bits per heavy atom. The molecule has 0 spiro atoms. The number of nitrogens with one attached hydrogen (secondary N) is 1. The van der Waals surface area contributed by atoms with Crippen LogP contribution in [0.3, 0.4) is 0 Å². The van der Waals surface area contributed by atoms with Crippen LogP contribution in [0.25, 0.3) is 10.9 Å². The van der Waals surface area contributed by atoms with E-state index in [0.717, 1.165) is 25.9 Å². The summed E-state index contributed by atoms with van der Waals surface area (Å²) in [7, 11) is 0. The van der Waals surface area contributed by atoms with Crippen molar-refractivity contribution < 1.29 is 14.6 Å². The van der Waals surface area contributed by atoms with Crippen molar-refractivity contribution in [1.82, 2.24) is 9.88 Å². The van der Waals surface area contributed by atoms with Crippen LogP contribution in [0.5, 0.6) is 0 Å². The van der Waals surface area contributed by atoms with Crippen molar-refractivity contribution in [3.05, 3.63) is 47.4 Å². The van der Waals surface area contributed by atoms with E-state index in [1.54, 1.807) is 0 Å². The lowest BCUT2D eigenvalue weighted by Crippen LogP contribution is -2.51. The average Bonchev–Trinajstić information content (AvgIpc) is 3.00. The van der Waals surface area contributed by atoms with Gasteiger partial charge in [-0.3, -0.25) is 4.90 Å². The fourth-order valence-electron chi connectivity index (χ4n) is 5.08. The van der Waals surface area contributed by atoms with E-state index in [9.17, 15) is 9.90 Å². The van der Waals surface area contributed by atoms with Crippen LogP contribution in [0.1, 0.15) is 30.6 Å². The van der Waals surface area contributed by atoms with Crippen LogP contribution in [0.4, 0.5) is 0 Å². The third-order valence-electron chi connectivity index (χ3n) is 6.37. The largest absolute Gasteiger partial charge is 0.497 e. The van der Waals surface area contributed by atoms with Crippen LogP contribution in [-0.4, -0.2) is 40.2 Å². The fraction of sp³-hybridized carbons (Fsp3) is 0.450. The van der Waals surface area contributed by atoms with Gasteiger partial charge in [0.05, 0.1) is 24.0 Å². The van der Waals surface area contributed by atoms with Crippen molar-refractivity contribution in [1.29, 1.82) is 0 Å². The van der Waals surface area contributed by atoms with Crippen molar-refractivity contribution in [2.45, 2.75) is 31.9 Å². The Morgan fingerprint density at radius 2 is 2.20 bits per heavy atom. The van der Waals surface area contributed by atoms with Crippen LogP contribution < -0.4 is 0 Å². The lowest BCUT2D eigenvalue weighted by Gasteiger charge is -2.49. The molecule has 0 saturated carbocycles. The van der Waals surface area contributed by atoms with Crippen molar-refractivity contribution in [2.24, 2.45) is 11.8 Å². The van der Waals surface area contributed by atoms with Crippen molar-refractivity contribution >= 4 is 16.9 Å². The molecular weight excluding hydrogens is 316 g/mol. The van der Waals surface area contributed by atoms with E-state index < -0.39 is 5.97 Å². The molecule has 0 unspecified atom stereocenters. The topological polar surface area (TPSA) is 65.6 Å². The molecule has 0 amide bonds. The number of carboxylic acids is 1. The Hall–Kier alpha value is -2.27. The average molecular weight is 338 g/mol. The van der Waals surface area contributed by atoms with Crippen molar-refractivity contribution in [3.8, 4) is 0 Å². The Balaban J connectivity index is 1.57. The van der Waals surface area contributed by atoms with Crippen LogP contribution in [0, 0.1) is 11.8 Å². The number of piperidine rings is 1. The standard InChI is InChI=1S/C20H22N2O3/c1-11-15-9-22-7-6-13-12-4-2-3-5-17(12)21-19(13)18(22)8-14(15)16(10-25-11)20(23)24/h2-5,10-11,14-15,18,21H,6-9H2,1H3,(H,23,24)/t11-,14-,15-,18-/m0/s1. The zero-order valence-corrected chi connectivity index (χ0v) is 14.2. The molecule has 0 aliphatic carbocycles. The minimum atomic E-state index is -0.844. The number of aliphatic carboxylic acids is 1. The molecule has 4 atom stereocenters. The smallest absolute Gasteiger partial charge is 0.334 e. The van der Waals surface area contributed by atoms with E-state index in [2.05, 4.69) is 41.1 Å². The quantitative estimate of drug-likeness (QED) is 0.839. The summed E-state index contributed by atoms with van der Waals surface area (Å²) in [5.74, 6) is -0.541. The summed E-state index contributed by atoms with van der Waals surface area (Å²) >= 11 is 0. The molecule has 3 aliphatic heterocycles. The number of carbonyl (C=O) groups is 1. The van der Waals surface area contributed by atoms with Gasteiger partial charge in [0, 0.05) is 41.5 Å². The van der Waals surface area contributed by atoms with Gasteiger partial charge in [0.1, 0.15) is 0 Å². The normalized spacial score (nSPS) is 31.5. The maximum atomic E-state index is 11.7. The predicted molar refractivity (Wildman–Crippen MR) is 94.2 cm³/mol. The Bertz CT molecular complexity index is 884. The van der Waals surface area contributed by atoms with Crippen LogP contribution in [0.2, 0.25) is 0 Å². The van der Waals surface area contributed by atoms with Gasteiger partial charge in [-0.05, 0) is 31.4 Å². The predicted octanol–water partition coefficient (Wildman–Crippen LogP) is 3.09. The molecule has 0 radical (unpaired) electrons. The van der Waals surface area contributed by atoms with Crippen molar-refractivity contribution in [3.63, 3.8) is 0 Å². The first-order chi connectivity index (χ1) is 12.1. The number of H-pyrrole nitrogens is 1. The number of aromatic amines is 1. The Kier molecular flexibility index (Phi) is 3.22. The van der Waals surface area contributed by atoms with E-state index in [1.807, 2.05) is 0 Å². The number of aromatic nitrogens is 1. The third kappa shape index (κ3) is 2.15. The van der Waals surface area contributed by atoms with Gasteiger partial charge in [-0.15, -0.1) is 0 Å². The van der Waals surface area contributed by atoms with Gasteiger partial charge in [0.15, 0.2) is 0 Å². The maximum absolute atomic E-state index is 11.7. The molecule has 1 aromatic carbocycles. The van der Waals surface area contributed by atoms with Crippen LogP contribution >= 0.6 is 0 Å². The van der Waals surface area contributed by atoms with E-state index in [0.29, 0.717) is 5.57 Å². The zero-order chi connectivity index (χ0) is 17.1. The fourth-order valence-corrected chi connectivity index (χ4v) is 5.08. The summed E-state index contributed by atoms with van der Waals surface area (Å²) in [4.78, 5) is 17.8. The number of rotatable bonds is 1. The molecule has 2 N–H and O–H groups in total. The van der Waals surface area contributed by atoms with Gasteiger partial charge < -0.3 is 14.8 Å². The molecule has 1 saturated heterocycles. The van der Waals surface area contributed by atoms with Crippen molar-refractivity contribution in [2.75, 3.05) is 13.1 Å². The molecule has 25 heavy (non-hydrogen) atoms. The summed E-state index contributed by atoms with van der Waals surface area (Å²) in [6.45, 7) is 3.99. The number of carboxylic acid groups (broad SMARTS) is 1. The lowest BCUT2D eigenvalue weighted by atomic mass is 9.72. The highest BCUT2D eigenvalue weighted by atomic mass is 16.5. The molecular formula is C20H22N2O3. The van der Waals surface area contributed by atoms with E-state index in [4.69, 9.17) is 4.74 Å². The highest BCUT2D eigenvalue weighted by Gasteiger charge is 2.46. The lowest BCUT2D eigenvalue weighted by molar-refractivity contribution is -0.135. The summed E-state index contributed by atoms with van der Waals surface area (Å²) < 4.78 is 5.64. The molecule has 5 rings (SSSR count). The van der Waals surface area contributed by atoms with Gasteiger partial charge in [0.25, 0.3) is 0 Å². The number of fused-ring (bicyclic) bond motifs is 6. The highest BCUT2D eigenvalue weighted by molar-refractivity contribution is 5.87. The monoisotopic (exact) mass is 338 g/mol. The highest BCUT2D eigenvalue weighted by Crippen LogP contribution is 2.47. The number of para-hydroxylation sites is 1. The molecule has 0 bridgehead atoms. The molecule has 5 nitrogen and oxygen atoms in total. The van der Waals surface area contributed by atoms with Gasteiger partial charge >= 0.3 is 5.97 Å². The molecule has 130 valence electrons. The van der Waals surface area contributed by atoms with E-state index >= 15 is 0 Å². The Morgan fingerprint density at radius 1 is 1.36 bits per heavy atom. The molecule has 5 heteroatoms. The SMILES string of the molecule is C[C@@H]1OC=C(C(=O)O)[C@H]2C[C@H]3c4[nH]c5ccccc5c4CCN3C[C@@H]12. The second-order valence-electron chi connectivity index (χ2n) is 7.55. The number of benzene rings is 1. The molecule has 1 fully saturated rings. The summed E-state index contributed by atoms with van der Waals surface area (Å²) in [5.41, 5.74) is 4.32. The number of hydrogen-bond donors (Lipinski definition) is 2. The first kappa shape index (κ1) is 15.0. The maximum Gasteiger partial charge on any atom is 0.334 e. The summed E-state index contributed by atoms with van der Waals surface area (Å²) in [5, 5.41) is 10.9. The van der Waals surface area contributed by atoms with E-state index in [-0.39, 0.29) is 24.0 Å². The van der Waals surface area contributed by atoms with Crippen LogP contribution in [-0.2, 0) is 16.0 Å². The van der Waals surface area contributed by atoms with Gasteiger partial charge in [-0.25, -0.2) is 4.79 Å². The minimum absolute atomic E-state index is 0.0554. The second kappa shape index (κ2) is 5.36. The summed E-state index contributed by atoms with van der Waals surface area (Å²) in [6, 6.07) is 8.73. The number of nitrogens with zero attached hydrogens (tertiary/aromatic N) is 1. The molecule has 3 aliphatic rings. The first-order valence-corrected chi connectivity index (χ1v) is 9.06. The van der Waals surface area contributed by atoms with Gasteiger partial charge in [-0.2, -0.15) is 0 Å². The minimum Gasteiger partial charge on any atom is -0.497 e. The van der Waals surface area contributed by atoms with Gasteiger partial charge in [-0.1, -0.05) is 18.2 Å². The third-order valence-corrected chi connectivity index (χ3v) is 6.37. The number of ether oxygens (including phenoxy) is 1. The Labute approximate surface area is 146 Å². The molecule has 4 heterocycles.